The molecule has 1 rings (SSSR count). The van der Waals surface area contributed by atoms with Crippen molar-refractivity contribution in [2.75, 3.05) is 0 Å². The molecular weight excluding hydrogens is 297 g/mol. The van der Waals surface area contributed by atoms with Crippen LogP contribution in [0.3, 0.4) is 0 Å². The molecule has 0 aliphatic carbocycles. The number of aromatic nitrogens is 1. The number of nitrogens with zero attached hydrogens (tertiary/aromatic N) is 1. The van der Waals surface area contributed by atoms with Gasteiger partial charge in [0.2, 0.25) is 0 Å². The number of carboxylic acids is 1. The maximum atomic E-state index is 12.8. The van der Waals surface area contributed by atoms with Crippen LogP contribution >= 0.6 is 11.6 Å². The second kappa shape index (κ2) is 5.68. The molecule has 0 aliphatic rings. The van der Waals surface area contributed by atoms with E-state index in [1.807, 2.05) is 0 Å². The maximum absolute atomic E-state index is 12.8. The van der Waals surface area contributed by atoms with Gasteiger partial charge in [0.1, 0.15) is 5.69 Å². The van der Waals surface area contributed by atoms with Crippen LogP contribution in [0.2, 0.25) is 0 Å². The smallest absolute Gasteiger partial charge is 0.418 e. The first kappa shape index (κ1) is 15.6. The second-order valence-electron chi connectivity index (χ2n) is 3.53. The van der Waals surface area contributed by atoms with Crippen LogP contribution in [0.25, 0.3) is 0 Å². The topological polar surface area (TPSA) is 50.2 Å². The molecule has 106 valence electrons. The van der Waals surface area contributed by atoms with Crippen molar-refractivity contribution in [2.45, 2.75) is 24.9 Å². The minimum absolute atomic E-state index is 0.442. The largest absolute Gasteiger partial charge is 0.481 e. The third kappa shape index (κ3) is 3.76. The van der Waals surface area contributed by atoms with E-state index in [0.29, 0.717) is 6.07 Å². The third-order valence-corrected chi connectivity index (χ3v) is 2.42. The summed E-state index contributed by atoms with van der Waals surface area (Å²) in [6.07, 6.45) is -9.07. The van der Waals surface area contributed by atoms with Gasteiger partial charge < -0.3 is 5.11 Å². The van der Waals surface area contributed by atoms with Crippen molar-refractivity contribution >= 4 is 17.6 Å². The molecule has 0 atom stereocenters. The molecular formula is C10H7ClF5NO2. The highest BCUT2D eigenvalue weighted by atomic mass is 35.5. The van der Waals surface area contributed by atoms with Crippen LogP contribution in [0.5, 0.6) is 0 Å². The fourth-order valence-corrected chi connectivity index (χ4v) is 1.73. The molecule has 1 N–H and O–H groups in total. The lowest BCUT2D eigenvalue weighted by atomic mass is 10.0. The standard InChI is InChI=1S/C10H7ClF5NO2/c11-3-6-8(10(14,15)16)4(2-7(18)19)1-5(17-6)9(12)13/h1,9H,2-3H2,(H,18,19). The van der Waals surface area contributed by atoms with Crippen LogP contribution in [0, 0.1) is 0 Å². The van der Waals surface area contributed by atoms with E-state index >= 15 is 0 Å². The van der Waals surface area contributed by atoms with Crippen LogP contribution in [0.15, 0.2) is 6.07 Å². The van der Waals surface area contributed by atoms with E-state index in [1.54, 1.807) is 0 Å². The fraction of sp³-hybridized carbons (Fsp3) is 0.400. The molecule has 9 heteroatoms. The number of carbonyl (C=O) groups is 1. The average molecular weight is 304 g/mol. The molecule has 0 unspecified atom stereocenters. The van der Waals surface area contributed by atoms with Gasteiger partial charge in [-0.25, -0.2) is 13.8 Å². The van der Waals surface area contributed by atoms with Gasteiger partial charge in [0, 0.05) is 0 Å². The van der Waals surface area contributed by atoms with Crippen molar-refractivity contribution in [1.82, 2.24) is 4.98 Å². The molecule has 0 bridgehead atoms. The maximum Gasteiger partial charge on any atom is 0.418 e. The van der Waals surface area contributed by atoms with Gasteiger partial charge in [-0.2, -0.15) is 13.2 Å². The van der Waals surface area contributed by atoms with Crippen molar-refractivity contribution in [3.05, 3.63) is 28.6 Å². The predicted octanol–water partition coefficient (Wildman–Crippen LogP) is 3.40. The van der Waals surface area contributed by atoms with E-state index in [2.05, 4.69) is 4.98 Å². The molecule has 0 aromatic carbocycles. The molecule has 1 heterocycles. The molecule has 0 saturated heterocycles. The highest BCUT2D eigenvalue weighted by Gasteiger charge is 2.38. The summed E-state index contributed by atoms with van der Waals surface area (Å²) in [5.41, 5.74) is -3.88. The van der Waals surface area contributed by atoms with Crippen LogP contribution < -0.4 is 0 Å². The number of aliphatic carboxylic acids is 1. The number of hydrogen-bond acceptors (Lipinski definition) is 2. The second-order valence-corrected chi connectivity index (χ2v) is 3.80. The molecule has 0 saturated carbocycles. The zero-order valence-electron chi connectivity index (χ0n) is 9.14. The zero-order chi connectivity index (χ0) is 14.8. The summed E-state index contributed by atoms with van der Waals surface area (Å²) in [4.78, 5) is 13.7. The molecule has 0 radical (unpaired) electrons. The van der Waals surface area contributed by atoms with Crippen molar-refractivity contribution in [2.24, 2.45) is 0 Å². The Morgan fingerprint density at radius 3 is 2.37 bits per heavy atom. The molecule has 0 aliphatic heterocycles. The lowest BCUT2D eigenvalue weighted by molar-refractivity contribution is -0.140. The van der Waals surface area contributed by atoms with Crippen LogP contribution in [-0.2, 0) is 23.3 Å². The van der Waals surface area contributed by atoms with Gasteiger partial charge in [-0.1, -0.05) is 0 Å². The Kier molecular flexibility index (Phi) is 4.67. The van der Waals surface area contributed by atoms with Gasteiger partial charge in [-0.15, -0.1) is 11.6 Å². The summed E-state index contributed by atoms with van der Waals surface area (Å²) in [6.45, 7) is 0. The molecule has 0 amide bonds. The molecule has 1 aromatic heterocycles. The zero-order valence-corrected chi connectivity index (χ0v) is 9.90. The van der Waals surface area contributed by atoms with E-state index in [1.165, 1.54) is 0 Å². The van der Waals surface area contributed by atoms with Gasteiger partial charge in [0.05, 0.1) is 23.6 Å². The van der Waals surface area contributed by atoms with E-state index in [-0.39, 0.29) is 0 Å². The summed E-state index contributed by atoms with van der Waals surface area (Å²) in [5.74, 6) is -2.32. The van der Waals surface area contributed by atoms with Crippen molar-refractivity contribution in [1.29, 1.82) is 0 Å². The predicted molar refractivity (Wildman–Crippen MR) is 55.1 cm³/mol. The first-order valence-electron chi connectivity index (χ1n) is 4.82. The van der Waals surface area contributed by atoms with Crippen LogP contribution in [-0.4, -0.2) is 16.1 Å². The Morgan fingerprint density at radius 1 is 1.42 bits per heavy atom. The monoisotopic (exact) mass is 303 g/mol. The Morgan fingerprint density at radius 2 is 2.00 bits per heavy atom. The number of alkyl halides is 6. The van der Waals surface area contributed by atoms with Crippen molar-refractivity contribution in [3.63, 3.8) is 0 Å². The van der Waals surface area contributed by atoms with Gasteiger partial charge in [-0.3, -0.25) is 4.79 Å². The lowest BCUT2D eigenvalue weighted by Gasteiger charge is -2.16. The molecule has 3 nitrogen and oxygen atoms in total. The van der Waals surface area contributed by atoms with Gasteiger partial charge >= 0.3 is 12.1 Å². The van der Waals surface area contributed by atoms with Crippen LogP contribution in [0.1, 0.15) is 28.9 Å². The van der Waals surface area contributed by atoms with E-state index in [9.17, 15) is 26.7 Å². The van der Waals surface area contributed by atoms with Crippen molar-refractivity contribution < 1.29 is 31.9 Å². The minimum atomic E-state index is -4.91. The third-order valence-electron chi connectivity index (χ3n) is 2.17. The van der Waals surface area contributed by atoms with Crippen molar-refractivity contribution in [3.8, 4) is 0 Å². The minimum Gasteiger partial charge on any atom is -0.481 e. The Bertz CT molecular complexity index is 490. The number of rotatable bonds is 4. The normalized spacial score (nSPS) is 11.9. The number of carboxylic acid groups (broad SMARTS) is 1. The SMILES string of the molecule is O=C(O)Cc1cc(C(F)F)nc(CCl)c1C(F)(F)F. The number of hydrogen-bond donors (Lipinski definition) is 1. The number of pyridine rings is 1. The average Bonchev–Trinajstić information content (AvgIpc) is 2.25. The summed E-state index contributed by atoms with van der Waals surface area (Å²) in [6, 6.07) is 0.442. The first-order valence-corrected chi connectivity index (χ1v) is 5.36. The summed E-state index contributed by atoms with van der Waals surface area (Å²) < 4.78 is 63.4. The Hall–Kier alpha value is -1.44. The molecule has 1 aromatic rings. The molecule has 19 heavy (non-hydrogen) atoms. The van der Waals surface area contributed by atoms with Gasteiger partial charge in [0.15, 0.2) is 0 Å². The fourth-order valence-electron chi connectivity index (χ4n) is 1.54. The summed E-state index contributed by atoms with van der Waals surface area (Å²) in [5, 5.41) is 8.54. The summed E-state index contributed by atoms with van der Waals surface area (Å²) in [7, 11) is 0. The molecule has 0 fully saturated rings. The Balaban J connectivity index is 3.52. The highest BCUT2D eigenvalue weighted by molar-refractivity contribution is 6.17. The van der Waals surface area contributed by atoms with E-state index in [0.717, 1.165) is 0 Å². The van der Waals surface area contributed by atoms with E-state index in [4.69, 9.17) is 16.7 Å². The Labute approximate surface area is 109 Å². The summed E-state index contributed by atoms with van der Waals surface area (Å²) >= 11 is 5.27. The molecule has 0 spiro atoms. The quantitative estimate of drug-likeness (QED) is 0.685. The highest BCUT2D eigenvalue weighted by Crippen LogP contribution is 2.36. The lowest BCUT2D eigenvalue weighted by Crippen LogP contribution is -2.17. The van der Waals surface area contributed by atoms with Gasteiger partial charge in [0.25, 0.3) is 6.43 Å². The van der Waals surface area contributed by atoms with Crippen LogP contribution in [0.4, 0.5) is 22.0 Å². The van der Waals surface area contributed by atoms with E-state index < -0.39 is 53.4 Å². The van der Waals surface area contributed by atoms with Gasteiger partial charge in [-0.05, 0) is 11.6 Å². The first-order chi connectivity index (χ1) is 8.66. The number of halogens is 6.